The third-order valence-electron chi connectivity index (χ3n) is 4.71. The number of aromatic amines is 1. The summed E-state index contributed by atoms with van der Waals surface area (Å²) in [6.45, 7) is 5.80. The lowest BCUT2D eigenvalue weighted by Crippen LogP contribution is -2.13. The summed E-state index contributed by atoms with van der Waals surface area (Å²) in [5.41, 5.74) is 3.23. The van der Waals surface area contributed by atoms with Gasteiger partial charge in [0.25, 0.3) is 0 Å². The van der Waals surface area contributed by atoms with Crippen LogP contribution in [-0.4, -0.2) is 27.3 Å². The van der Waals surface area contributed by atoms with Gasteiger partial charge in [-0.05, 0) is 45.0 Å². The first-order valence-corrected chi connectivity index (χ1v) is 10.8. The molecular formula is C23H21N5O3S. The second-order valence-corrected chi connectivity index (χ2v) is 8.14. The van der Waals surface area contributed by atoms with Crippen molar-refractivity contribution in [2.45, 2.75) is 20.8 Å². The van der Waals surface area contributed by atoms with Crippen LogP contribution in [0.2, 0.25) is 0 Å². The Bertz CT molecular complexity index is 1330. The lowest BCUT2D eigenvalue weighted by Gasteiger charge is -2.00. The number of azo groups is 1. The van der Waals surface area contributed by atoms with E-state index < -0.39 is 5.97 Å². The van der Waals surface area contributed by atoms with Gasteiger partial charge in [-0.2, -0.15) is 9.80 Å². The molecule has 0 bridgehead atoms. The molecule has 2 aromatic heterocycles. The van der Waals surface area contributed by atoms with Crippen molar-refractivity contribution in [3.8, 4) is 16.4 Å². The van der Waals surface area contributed by atoms with Crippen LogP contribution in [0.25, 0.3) is 16.4 Å². The van der Waals surface area contributed by atoms with Gasteiger partial charge in [0.05, 0.1) is 29.2 Å². The van der Waals surface area contributed by atoms with Gasteiger partial charge in [-0.15, -0.1) is 5.11 Å². The van der Waals surface area contributed by atoms with Crippen LogP contribution in [-0.2, 0) is 4.74 Å². The Morgan fingerprint density at radius 3 is 2.50 bits per heavy atom. The van der Waals surface area contributed by atoms with Gasteiger partial charge in [0, 0.05) is 10.4 Å². The molecule has 0 amide bonds. The van der Waals surface area contributed by atoms with E-state index in [-0.39, 0.29) is 11.2 Å². The summed E-state index contributed by atoms with van der Waals surface area (Å²) in [6.07, 6.45) is 0. The summed E-state index contributed by atoms with van der Waals surface area (Å²) in [5.74, 6) is -0.394. The van der Waals surface area contributed by atoms with E-state index in [0.717, 1.165) is 16.1 Å². The zero-order valence-corrected chi connectivity index (χ0v) is 18.6. The van der Waals surface area contributed by atoms with Crippen LogP contribution in [0.4, 0.5) is 11.4 Å². The Kier molecular flexibility index (Phi) is 6.09. The predicted molar refractivity (Wildman–Crippen MR) is 124 cm³/mol. The molecule has 0 saturated heterocycles. The Labute approximate surface area is 188 Å². The fourth-order valence-electron chi connectivity index (χ4n) is 3.12. The third-order valence-corrected chi connectivity index (χ3v) is 5.66. The summed E-state index contributed by atoms with van der Waals surface area (Å²) in [5, 5.41) is 11.9. The lowest BCUT2D eigenvalue weighted by molar-refractivity contribution is 0.0526. The predicted octanol–water partition coefficient (Wildman–Crippen LogP) is 5.50. The molecule has 4 rings (SSSR count). The molecule has 0 aliphatic carbocycles. The van der Waals surface area contributed by atoms with Crippen molar-refractivity contribution in [3.05, 3.63) is 81.1 Å². The molecule has 0 saturated carbocycles. The average Bonchev–Trinajstić information content (AvgIpc) is 3.32. The van der Waals surface area contributed by atoms with Gasteiger partial charge in [-0.25, -0.2) is 9.78 Å². The highest BCUT2D eigenvalue weighted by molar-refractivity contribution is 7.14. The van der Waals surface area contributed by atoms with Crippen LogP contribution in [0.5, 0.6) is 0 Å². The van der Waals surface area contributed by atoms with Crippen molar-refractivity contribution < 1.29 is 9.53 Å². The molecule has 0 unspecified atom stereocenters. The monoisotopic (exact) mass is 447 g/mol. The minimum Gasteiger partial charge on any atom is -0.462 e. The minimum atomic E-state index is -0.394. The van der Waals surface area contributed by atoms with E-state index >= 15 is 0 Å². The summed E-state index contributed by atoms with van der Waals surface area (Å²) >= 11 is 1.43. The van der Waals surface area contributed by atoms with Crippen LogP contribution in [0.3, 0.4) is 0 Å². The normalized spacial score (nSPS) is 11.2. The average molecular weight is 448 g/mol. The van der Waals surface area contributed by atoms with E-state index in [1.165, 1.54) is 16.0 Å². The molecule has 0 radical (unpaired) electrons. The molecule has 8 nitrogen and oxygen atoms in total. The maximum atomic E-state index is 13.0. The molecule has 9 heteroatoms. The number of nitrogens with zero attached hydrogens (tertiary/aromatic N) is 4. The highest BCUT2D eigenvalue weighted by Gasteiger charge is 2.17. The van der Waals surface area contributed by atoms with Crippen LogP contribution < -0.4 is 5.56 Å². The summed E-state index contributed by atoms with van der Waals surface area (Å²) in [6, 6.07) is 16.3. The number of rotatable bonds is 6. The number of hydrogen-bond acceptors (Lipinski definition) is 7. The molecule has 0 aliphatic heterocycles. The van der Waals surface area contributed by atoms with Gasteiger partial charge in [0.15, 0.2) is 5.69 Å². The van der Waals surface area contributed by atoms with E-state index in [0.29, 0.717) is 28.7 Å². The van der Waals surface area contributed by atoms with Crippen molar-refractivity contribution >= 4 is 28.7 Å². The second-order valence-electron chi connectivity index (χ2n) is 6.96. The maximum absolute atomic E-state index is 13.0. The molecule has 0 spiro atoms. The Morgan fingerprint density at radius 1 is 1.09 bits per heavy atom. The van der Waals surface area contributed by atoms with E-state index in [4.69, 9.17) is 4.74 Å². The molecule has 0 aliphatic rings. The van der Waals surface area contributed by atoms with Crippen LogP contribution in [0.15, 0.2) is 69.6 Å². The van der Waals surface area contributed by atoms with Crippen LogP contribution in [0, 0.1) is 13.8 Å². The number of H-pyrrole nitrogens is 1. The largest absolute Gasteiger partial charge is 0.462 e. The van der Waals surface area contributed by atoms with Gasteiger partial charge in [0.2, 0.25) is 5.13 Å². The number of carbonyl (C=O) groups is 1. The highest BCUT2D eigenvalue weighted by atomic mass is 32.1. The van der Waals surface area contributed by atoms with E-state index in [1.807, 2.05) is 37.3 Å². The van der Waals surface area contributed by atoms with Crippen molar-refractivity contribution in [2.24, 2.45) is 10.2 Å². The van der Waals surface area contributed by atoms with E-state index in [9.17, 15) is 9.59 Å². The fraction of sp³-hybridized carbons (Fsp3) is 0.174. The molecule has 4 aromatic rings. The molecule has 0 fully saturated rings. The van der Waals surface area contributed by atoms with Crippen LogP contribution in [0.1, 0.15) is 27.9 Å². The number of thiazole rings is 1. The quantitative estimate of drug-likeness (QED) is 0.311. The maximum Gasteiger partial charge on any atom is 0.338 e. The number of hydrogen-bond donors (Lipinski definition) is 1. The minimum absolute atomic E-state index is 0.202. The summed E-state index contributed by atoms with van der Waals surface area (Å²) < 4.78 is 6.35. The zero-order chi connectivity index (χ0) is 22.7. The standard InChI is InChI=1S/C23H21N5O3S/c1-4-31-22(30)17-10-12-18(13-11-17)25-26-19-14(2)27-28(21(19)29)23-24-20(15(3)32-23)16-8-6-5-7-9-16/h5-13,27H,4H2,1-3H3. The first kappa shape index (κ1) is 21.4. The Hall–Kier alpha value is -3.85. The van der Waals surface area contributed by atoms with Gasteiger partial charge < -0.3 is 4.74 Å². The third kappa shape index (κ3) is 4.28. The van der Waals surface area contributed by atoms with Gasteiger partial charge >= 0.3 is 11.5 Å². The number of ether oxygens (including phenoxy) is 1. The first-order chi connectivity index (χ1) is 15.5. The smallest absolute Gasteiger partial charge is 0.338 e. The number of benzene rings is 2. The van der Waals surface area contributed by atoms with Crippen LogP contribution >= 0.6 is 11.3 Å². The second kappa shape index (κ2) is 9.11. The molecule has 162 valence electrons. The van der Waals surface area contributed by atoms with Crippen molar-refractivity contribution in [2.75, 3.05) is 6.61 Å². The topological polar surface area (TPSA) is 102 Å². The number of carbonyl (C=O) groups excluding carboxylic acids is 1. The Balaban J connectivity index is 1.60. The SMILES string of the molecule is CCOC(=O)c1ccc(N=Nc2c(C)[nH]n(-c3nc(-c4ccccc4)c(C)s3)c2=O)cc1. The lowest BCUT2D eigenvalue weighted by atomic mass is 10.1. The van der Waals surface area contributed by atoms with E-state index in [2.05, 4.69) is 20.3 Å². The van der Waals surface area contributed by atoms with Gasteiger partial charge in [-0.1, -0.05) is 41.7 Å². The molecule has 1 N–H and O–H groups in total. The zero-order valence-electron chi connectivity index (χ0n) is 17.8. The number of nitrogens with one attached hydrogen (secondary N) is 1. The molecule has 0 atom stereocenters. The number of esters is 1. The summed E-state index contributed by atoms with van der Waals surface area (Å²) in [7, 11) is 0. The molecule has 2 aromatic carbocycles. The molecule has 32 heavy (non-hydrogen) atoms. The highest BCUT2D eigenvalue weighted by Crippen LogP contribution is 2.29. The van der Waals surface area contributed by atoms with E-state index in [1.54, 1.807) is 38.1 Å². The first-order valence-electron chi connectivity index (χ1n) is 10.0. The van der Waals surface area contributed by atoms with Crippen molar-refractivity contribution in [3.63, 3.8) is 0 Å². The fourth-order valence-corrected chi connectivity index (χ4v) is 4.01. The van der Waals surface area contributed by atoms with Gasteiger partial charge in [0.1, 0.15) is 0 Å². The molecule has 2 heterocycles. The summed E-state index contributed by atoms with van der Waals surface area (Å²) in [4.78, 5) is 30.4. The van der Waals surface area contributed by atoms with Crippen molar-refractivity contribution in [1.82, 2.24) is 14.8 Å². The van der Waals surface area contributed by atoms with Gasteiger partial charge in [-0.3, -0.25) is 9.89 Å². The molecular weight excluding hydrogens is 426 g/mol. The number of aromatic nitrogens is 3. The Morgan fingerprint density at radius 2 is 1.81 bits per heavy atom. The van der Waals surface area contributed by atoms with Crippen molar-refractivity contribution in [1.29, 1.82) is 0 Å². The number of aryl methyl sites for hydroxylation is 2.